The van der Waals surface area contributed by atoms with E-state index in [2.05, 4.69) is 4.98 Å². The van der Waals surface area contributed by atoms with Gasteiger partial charge in [0, 0.05) is 5.69 Å². The number of nitrogens with zero attached hydrogens (tertiary/aromatic N) is 2. The van der Waals surface area contributed by atoms with Gasteiger partial charge in [-0.25, -0.2) is 9.37 Å². The lowest BCUT2D eigenvalue weighted by Crippen LogP contribution is -2.00. The summed E-state index contributed by atoms with van der Waals surface area (Å²) in [6.45, 7) is 0. The Kier molecular flexibility index (Phi) is 3.50. The predicted molar refractivity (Wildman–Crippen MR) is 93.0 cm³/mol. The predicted octanol–water partition coefficient (Wildman–Crippen LogP) is 4.84. The normalized spacial score (nSPS) is 10.9. The number of rotatable bonds is 3. The lowest BCUT2D eigenvalue weighted by Gasteiger charge is -2.11. The Labute approximate surface area is 139 Å². The van der Waals surface area contributed by atoms with Crippen LogP contribution in [0.5, 0.6) is 5.75 Å². The Morgan fingerprint density at radius 3 is 2.38 bits per heavy atom. The van der Waals surface area contributed by atoms with E-state index in [4.69, 9.17) is 4.74 Å². The first-order chi connectivity index (χ1) is 11.8. The van der Waals surface area contributed by atoms with Crippen LogP contribution in [-0.2, 0) is 0 Å². The molecule has 3 nitrogen and oxygen atoms in total. The van der Waals surface area contributed by atoms with Crippen molar-refractivity contribution in [3.8, 4) is 22.8 Å². The molecular formula is C20H15FN2O. The van der Waals surface area contributed by atoms with Crippen LogP contribution in [0.15, 0.2) is 72.8 Å². The molecule has 3 aromatic carbocycles. The van der Waals surface area contributed by atoms with Gasteiger partial charge in [0.05, 0.1) is 18.2 Å². The molecule has 0 fully saturated rings. The molecule has 24 heavy (non-hydrogen) atoms. The van der Waals surface area contributed by atoms with Gasteiger partial charge in [0.15, 0.2) is 0 Å². The molecule has 4 aromatic rings. The summed E-state index contributed by atoms with van der Waals surface area (Å²) >= 11 is 0. The quantitative estimate of drug-likeness (QED) is 0.540. The van der Waals surface area contributed by atoms with Crippen molar-refractivity contribution in [2.45, 2.75) is 0 Å². The van der Waals surface area contributed by atoms with Crippen LogP contribution in [-0.4, -0.2) is 16.7 Å². The maximum Gasteiger partial charge on any atom is 0.148 e. The highest BCUT2D eigenvalue weighted by molar-refractivity contribution is 5.88. The smallest absolute Gasteiger partial charge is 0.148 e. The molecule has 0 radical (unpaired) electrons. The SMILES string of the molecule is COc1cccc2nc(-c3ccccc3F)n(-c3ccccc3)c12. The highest BCUT2D eigenvalue weighted by Gasteiger charge is 2.19. The summed E-state index contributed by atoms with van der Waals surface area (Å²) in [6.07, 6.45) is 0. The minimum atomic E-state index is -0.302. The summed E-state index contributed by atoms with van der Waals surface area (Å²) < 4.78 is 21.8. The van der Waals surface area contributed by atoms with Gasteiger partial charge < -0.3 is 4.74 Å². The first kappa shape index (κ1) is 14.5. The number of hydrogen-bond acceptors (Lipinski definition) is 2. The van der Waals surface area contributed by atoms with Crippen molar-refractivity contribution in [3.63, 3.8) is 0 Å². The fraction of sp³-hybridized carbons (Fsp3) is 0.0500. The van der Waals surface area contributed by atoms with Crippen LogP contribution in [0.3, 0.4) is 0 Å². The molecule has 0 bridgehead atoms. The Morgan fingerprint density at radius 2 is 1.62 bits per heavy atom. The number of benzene rings is 3. The van der Waals surface area contributed by atoms with Crippen molar-refractivity contribution in [2.24, 2.45) is 0 Å². The topological polar surface area (TPSA) is 27.1 Å². The molecule has 0 unspecified atom stereocenters. The first-order valence-corrected chi connectivity index (χ1v) is 7.65. The summed E-state index contributed by atoms with van der Waals surface area (Å²) in [5, 5.41) is 0. The number of fused-ring (bicyclic) bond motifs is 1. The van der Waals surface area contributed by atoms with E-state index in [-0.39, 0.29) is 5.82 Å². The number of methoxy groups -OCH3 is 1. The molecule has 0 spiro atoms. The number of halogens is 1. The second-order valence-electron chi connectivity index (χ2n) is 5.41. The van der Waals surface area contributed by atoms with Gasteiger partial charge >= 0.3 is 0 Å². The zero-order valence-corrected chi connectivity index (χ0v) is 13.1. The maximum atomic E-state index is 14.4. The third-order valence-corrected chi connectivity index (χ3v) is 3.99. The molecule has 4 rings (SSSR count). The van der Waals surface area contributed by atoms with Crippen LogP contribution in [0.1, 0.15) is 0 Å². The van der Waals surface area contributed by atoms with E-state index in [0.717, 1.165) is 16.7 Å². The molecule has 0 saturated carbocycles. The molecule has 118 valence electrons. The molecule has 0 atom stereocenters. The summed E-state index contributed by atoms with van der Waals surface area (Å²) in [7, 11) is 1.62. The Balaban J connectivity index is 2.13. The standard InChI is InChI=1S/C20H15FN2O/c1-24-18-13-7-12-17-19(18)23(14-8-3-2-4-9-14)20(22-17)15-10-5-6-11-16(15)21/h2-13H,1H3. The third kappa shape index (κ3) is 2.24. The van der Waals surface area contributed by atoms with Crippen LogP contribution < -0.4 is 4.74 Å². The van der Waals surface area contributed by atoms with E-state index < -0.39 is 0 Å². The van der Waals surface area contributed by atoms with Gasteiger partial charge in [-0.15, -0.1) is 0 Å². The van der Waals surface area contributed by atoms with Gasteiger partial charge in [-0.1, -0.05) is 36.4 Å². The van der Waals surface area contributed by atoms with Gasteiger partial charge in [-0.2, -0.15) is 0 Å². The molecule has 1 aromatic heterocycles. The van der Waals surface area contributed by atoms with Crippen LogP contribution in [0.2, 0.25) is 0 Å². The lowest BCUT2D eigenvalue weighted by atomic mass is 10.2. The number of imidazole rings is 1. The van der Waals surface area contributed by atoms with E-state index in [1.165, 1.54) is 6.07 Å². The number of hydrogen-bond donors (Lipinski definition) is 0. The summed E-state index contributed by atoms with van der Waals surface area (Å²) in [5.74, 6) is 0.953. The molecule has 0 N–H and O–H groups in total. The summed E-state index contributed by atoms with van der Waals surface area (Å²) in [5.41, 5.74) is 2.95. The van der Waals surface area contributed by atoms with E-state index in [1.54, 1.807) is 19.2 Å². The molecule has 0 aliphatic heterocycles. The minimum Gasteiger partial charge on any atom is -0.494 e. The van der Waals surface area contributed by atoms with Gasteiger partial charge in [0.25, 0.3) is 0 Å². The molecule has 1 heterocycles. The van der Waals surface area contributed by atoms with Crippen molar-refractivity contribution in [3.05, 3.63) is 78.6 Å². The number of ether oxygens (including phenoxy) is 1. The third-order valence-electron chi connectivity index (χ3n) is 3.99. The second kappa shape index (κ2) is 5.81. The fourth-order valence-corrected chi connectivity index (χ4v) is 2.91. The molecule has 0 amide bonds. The number of para-hydroxylation sites is 2. The van der Waals surface area contributed by atoms with E-state index in [9.17, 15) is 4.39 Å². The van der Waals surface area contributed by atoms with Gasteiger partial charge in [-0.3, -0.25) is 4.57 Å². The highest BCUT2D eigenvalue weighted by Crippen LogP contribution is 2.34. The van der Waals surface area contributed by atoms with Gasteiger partial charge in [0.1, 0.15) is 22.9 Å². The largest absolute Gasteiger partial charge is 0.494 e. The van der Waals surface area contributed by atoms with Crippen molar-refractivity contribution in [1.82, 2.24) is 9.55 Å². The van der Waals surface area contributed by atoms with Gasteiger partial charge in [0.2, 0.25) is 0 Å². The van der Waals surface area contributed by atoms with Crippen molar-refractivity contribution >= 4 is 11.0 Å². The molecule has 4 heteroatoms. The van der Waals surface area contributed by atoms with Crippen LogP contribution in [0.25, 0.3) is 28.1 Å². The minimum absolute atomic E-state index is 0.302. The van der Waals surface area contributed by atoms with Crippen LogP contribution in [0.4, 0.5) is 4.39 Å². The van der Waals surface area contributed by atoms with E-state index in [1.807, 2.05) is 59.2 Å². The zero-order valence-electron chi connectivity index (χ0n) is 13.1. The molecular weight excluding hydrogens is 303 g/mol. The average molecular weight is 318 g/mol. The molecule has 0 aliphatic rings. The van der Waals surface area contributed by atoms with Crippen molar-refractivity contribution in [2.75, 3.05) is 7.11 Å². The lowest BCUT2D eigenvalue weighted by molar-refractivity contribution is 0.418. The van der Waals surface area contributed by atoms with E-state index in [0.29, 0.717) is 17.1 Å². The summed E-state index contributed by atoms with van der Waals surface area (Å²) in [4.78, 5) is 4.67. The Morgan fingerprint density at radius 1 is 0.875 bits per heavy atom. The zero-order chi connectivity index (χ0) is 16.5. The molecule has 0 aliphatic carbocycles. The van der Waals surface area contributed by atoms with Crippen molar-refractivity contribution < 1.29 is 9.13 Å². The monoisotopic (exact) mass is 318 g/mol. The average Bonchev–Trinajstić information content (AvgIpc) is 3.02. The second-order valence-corrected chi connectivity index (χ2v) is 5.41. The van der Waals surface area contributed by atoms with Crippen LogP contribution in [0, 0.1) is 5.82 Å². The maximum absolute atomic E-state index is 14.4. The molecule has 0 saturated heterocycles. The number of aromatic nitrogens is 2. The first-order valence-electron chi connectivity index (χ1n) is 7.65. The van der Waals surface area contributed by atoms with Crippen molar-refractivity contribution in [1.29, 1.82) is 0 Å². The summed E-state index contributed by atoms with van der Waals surface area (Å²) in [6, 6.07) is 22.1. The highest BCUT2D eigenvalue weighted by atomic mass is 19.1. The Bertz CT molecular complexity index is 1010. The fourth-order valence-electron chi connectivity index (χ4n) is 2.91. The Hall–Kier alpha value is -3.14. The van der Waals surface area contributed by atoms with Crippen LogP contribution >= 0.6 is 0 Å². The van der Waals surface area contributed by atoms with Gasteiger partial charge in [-0.05, 0) is 36.4 Å². The van der Waals surface area contributed by atoms with E-state index >= 15 is 0 Å².